The lowest BCUT2D eigenvalue weighted by Gasteiger charge is -2.16. The lowest BCUT2D eigenvalue weighted by Crippen LogP contribution is -2.36. The molecule has 0 spiro atoms. The number of halogens is 1. The summed E-state index contributed by atoms with van der Waals surface area (Å²) in [7, 11) is -2.07. The van der Waals surface area contributed by atoms with Crippen molar-refractivity contribution in [1.29, 1.82) is 0 Å². The summed E-state index contributed by atoms with van der Waals surface area (Å²) in [5, 5.41) is 0.329. The highest BCUT2D eigenvalue weighted by atomic mass is 35.5. The Bertz CT molecular complexity index is 665. The lowest BCUT2D eigenvalue weighted by molar-refractivity contribution is -0.120. The van der Waals surface area contributed by atoms with Crippen LogP contribution in [0, 0.1) is 5.92 Å². The van der Waals surface area contributed by atoms with Gasteiger partial charge in [-0.25, -0.2) is 4.21 Å². The molecule has 3 N–H and O–H groups in total. The average molecular weight is 408 g/mol. The Morgan fingerprint density at radius 1 is 1.38 bits per heavy atom. The summed E-state index contributed by atoms with van der Waals surface area (Å²) in [5.41, 5.74) is 5.85. The van der Waals surface area contributed by atoms with Gasteiger partial charge in [0.1, 0.15) is 0 Å². The first-order chi connectivity index (χ1) is 12.1. The van der Waals surface area contributed by atoms with Crippen LogP contribution in [-0.4, -0.2) is 35.8 Å². The van der Waals surface area contributed by atoms with E-state index < -0.39 is 27.8 Å². The van der Waals surface area contributed by atoms with Crippen molar-refractivity contribution in [3.05, 3.63) is 22.1 Å². The number of carbonyl (C=O) groups excluding carboxylic acids is 2. The third-order valence-corrected chi connectivity index (χ3v) is 5.71. The molecular formula is C17H30ClN3O4S. The fourth-order valence-corrected chi connectivity index (χ4v) is 3.93. The summed E-state index contributed by atoms with van der Waals surface area (Å²) in [6, 6.07) is -0.887. The van der Waals surface area contributed by atoms with E-state index in [2.05, 4.69) is 9.08 Å². The molecule has 7 nitrogen and oxygen atoms in total. The van der Waals surface area contributed by atoms with Crippen molar-refractivity contribution < 1.29 is 18.5 Å². The highest BCUT2D eigenvalue weighted by Crippen LogP contribution is 2.18. The number of allylic oxidation sites excluding steroid dienone is 4. The van der Waals surface area contributed by atoms with Crippen LogP contribution in [0.5, 0.6) is 0 Å². The van der Waals surface area contributed by atoms with E-state index in [0.717, 1.165) is 0 Å². The molecule has 9 heteroatoms. The third kappa shape index (κ3) is 8.93. The fraction of sp³-hybridized carbons (Fsp3) is 0.647. The average Bonchev–Trinajstić information content (AvgIpc) is 2.56. The van der Waals surface area contributed by atoms with Gasteiger partial charge in [0.2, 0.25) is 5.91 Å². The van der Waals surface area contributed by atoms with E-state index >= 15 is 0 Å². The standard InChI is InChI=1S/C17H30ClN3O4S/c1-6-13(18)11-14(7-2)26(24,20-16(22)8-9-25-5)21-17(23)15(19)10-12(3)4/h6,11-12,15H,7-10,19H2,1-5H3,(H,20,21,22,23,24)/b13-6+,14-11+/t15-,26?/m0/s1. The van der Waals surface area contributed by atoms with Gasteiger partial charge in [0.15, 0.2) is 9.92 Å². The van der Waals surface area contributed by atoms with Gasteiger partial charge in [0.25, 0.3) is 5.91 Å². The number of amides is 2. The first-order valence-corrected chi connectivity index (χ1v) is 10.4. The minimum Gasteiger partial charge on any atom is -0.384 e. The van der Waals surface area contributed by atoms with E-state index in [1.807, 2.05) is 13.8 Å². The van der Waals surface area contributed by atoms with Crippen molar-refractivity contribution in [2.24, 2.45) is 16.0 Å². The van der Waals surface area contributed by atoms with Crippen LogP contribution in [0.3, 0.4) is 0 Å². The molecule has 26 heavy (non-hydrogen) atoms. The second-order valence-corrected chi connectivity index (χ2v) is 8.50. The highest BCUT2D eigenvalue weighted by Gasteiger charge is 2.23. The number of hydrogen-bond acceptors (Lipinski definition) is 5. The van der Waals surface area contributed by atoms with Crippen LogP contribution >= 0.6 is 11.6 Å². The number of rotatable bonds is 10. The lowest BCUT2D eigenvalue weighted by atomic mass is 10.0. The van der Waals surface area contributed by atoms with Gasteiger partial charge in [-0.05, 0) is 31.8 Å². The van der Waals surface area contributed by atoms with Gasteiger partial charge in [-0.3, -0.25) is 14.3 Å². The molecule has 2 amide bonds. The molecule has 2 atom stereocenters. The van der Waals surface area contributed by atoms with Crippen LogP contribution < -0.4 is 10.5 Å². The maximum atomic E-state index is 13.4. The molecule has 0 radical (unpaired) electrons. The van der Waals surface area contributed by atoms with Crippen LogP contribution in [0.1, 0.15) is 47.0 Å². The van der Waals surface area contributed by atoms with E-state index in [0.29, 0.717) is 11.5 Å². The minimum absolute atomic E-state index is 0.0103. The van der Waals surface area contributed by atoms with Crippen molar-refractivity contribution >= 4 is 33.3 Å². The molecule has 0 bridgehead atoms. The second-order valence-electron chi connectivity index (χ2n) is 6.10. The highest BCUT2D eigenvalue weighted by molar-refractivity contribution is 7.96. The number of ether oxygens (including phenoxy) is 1. The zero-order valence-corrected chi connectivity index (χ0v) is 17.7. The quantitative estimate of drug-likeness (QED) is 0.541. The van der Waals surface area contributed by atoms with Crippen molar-refractivity contribution in [1.82, 2.24) is 4.72 Å². The first kappa shape index (κ1) is 24.8. The summed E-state index contributed by atoms with van der Waals surface area (Å²) in [6.45, 7) is 7.44. The Hall–Kier alpha value is -1.22. The molecule has 0 aromatic carbocycles. The normalized spacial score (nSPS) is 16.2. The predicted octanol–water partition coefficient (Wildman–Crippen LogP) is 2.86. The Labute approximate surface area is 161 Å². The van der Waals surface area contributed by atoms with E-state index in [1.165, 1.54) is 13.2 Å². The molecule has 0 saturated heterocycles. The van der Waals surface area contributed by atoms with Gasteiger partial charge in [-0.15, -0.1) is 4.36 Å². The Morgan fingerprint density at radius 2 is 2.00 bits per heavy atom. The maximum absolute atomic E-state index is 13.4. The molecule has 0 aliphatic rings. The minimum atomic E-state index is -3.52. The number of methoxy groups -OCH3 is 1. The zero-order valence-electron chi connectivity index (χ0n) is 16.1. The Kier molecular flexibility index (Phi) is 11.6. The molecule has 150 valence electrons. The molecule has 0 aromatic heterocycles. The molecule has 0 fully saturated rings. The largest absolute Gasteiger partial charge is 0.384 e. The van der Waals surface area contributed by atoms with Gasteiger partial charge >= 0.3 is 0 Å². The number of hydrogen-bond donors (Lipinski definition) is 2. The Balaban J connectivity index is 5.97. The van der Waals surface area contributed by atoms with Crippen molar-refractivity contribution in [2.75, 3.05) is 13.7 Å². The summed E-state index contributed by atoms with van der Waals surface area (Å²) >= 11 is 6.01. The molecule has 0 aliphatic carbocycles. The molecule has 0 aromatic rings. The Morgan fingerprint density at radius 3 is 2.46 bits per heavy atom. The molecule has 0 saturated carbocycles. The van der Waals surface area contributed by atoms with Crippen LogP contribution in [0.2, 0.25) is 0 Å². The van der Waals surface area contributed by atoms with Gasteiger partial charge < -0.3 is 10.5 Å². The van der Waals surface area contributed by atoms with Gasteiger partial charge in [0.05, 0.1) is 19.1 Å². The fourth-order valence-electron chi connectivity index (χ4n) is 1.96. The predicted molar refractivity (Wildman–Crippen MR) is 106 cm³/mol. The second kappa shape index (κ2) is 12.2. The number of carbonyl (C=O) groups is 2. The molecule has 0 heterocycles. The summed E-state index contributed by atoms with van der Waals surface area (Å²) in [4.78, 5) is 24.7. The SMILES string of the molecule is C/C=C(Cl)\C=C(/CC)S(=O)(=NC(=O)[C@@H](N)CC(C)C)NC(=O)CCOC. The van der Waals surface area contributed by atoms with E-state index in [-0.39, 0.29) is 30.3 Å². The van der Waals surface area contributed by atoms with Crippen LogP contribution in [0.15, 0.2) is 26.5 Å². The molecule has 0 rings (SSSR count). The van der Waals surface area contributed by atoms with Crippen molar-refractivity contribution in [3.63, 3.8) is 0 Å². The molecule has 1 unspecified atom stereocenters. The topological polar surface area (TPSA) is 111 Å². The van der Waals surface area contributed by atoms with Gasteiger partial charge in [-0.1, -0.05) is 38.4 Å². The number of nitrogens with zero attached hydrogens (tertiary/aromatic N) is 1. The van der Waals surface area contributed by atoms with E-state index in [1.54, 1.807) is 19.9 Å². The monoisotopic (exact) mass is 407 g/mol. The van der Waals surface area contributed by atoms with Crippen LogP contribution in [0.25, 0.3) is 0 Å². The first-order valence-electron chi connectivity index (χ1n) is 8.48. The van der Waals surface area contributed by atoms with E-state index in [4.69, 9.17) is 22.1 Å². The van der Waals surface area contributed by atoms with Gasteiger partial charge in [0, 0.05) is 17.0 Å². The third-order valence-electron chi connectivity index (χ3n) is 3.32. The smallest absolute Gasteiger partial charge is 0.272 e. The number of nitrogens with two attached hydrogens (primary N) is 1. The zero-order chi connectivity index (χ0) is 20.3. The number of nitrogens with one attached hydrogen (secondary N) is 1. The van der Waals surface area contributed by atoms with E-state index in [9.17, 15) is 13.8 Å². The maximum Gasteiger partial charge on any atom is 0.272 e. The molecule has 0 aliphatic heterocycles. The summed E-state index contributed by atoms with van der Waals surface area (Å²) in [5.74, 6) is -1.08. The van der Waals surface area contributed by atoms with Gasteiger partial charge in [-0.2, -0.15) is 0 Å². The summed E-state index contributed by atoms with van der Waals surface area (Å²) < 4.78 is 24.4. The van der Waals surface area contributed by atoms with Crippen LogP contribution in [-0.2, 0) is 24.2 Å². The summed E-state index contributed by atoms with van der Waals surface area (Å²) in [6.07, 6.45) is 3.73. The van der Waals surface area contributed by atoms with Crippen molar-refractivity contribution in [2.45, 2.75) is 53.0 Å². The molecular weight excluding hydrogens is 378 g/mol. The van der Waals surface area contributed by atoms with Crippen molar-refractivity contribution in [3.8, 4) is 0 Å². The van der Waals surface area contributed by atoms with Crippen LogP contribution in [0.4, 0.5) is 0 Å².